The first-order chi connectivity index (χ1) is 31.0. The van der Waals surface area contributed by atoms with Crippen molar-refractivity contribution in [3.8, 4) is 0 Å². The van der Waals surface area contributed by atoms with Gasteiger partial charge in [-0.25, -0.2) is 0 Å². The summed E-state index contributed by atoms with van der Waals surface area (Å²) in [6, 6.07) is 10.6. The summed E-state index contributed by atoms with van der Waals surface area (Å²) in [6.07, 6.45) is 23.7. The van der Waals surface area contributed by atoms with Crippen molar-refractivity contribution in [1.82, 2.24) is 0 Å². The Balaban J connectivity index is 0.000000135. The van der Waals surface area contributed by atoms with Crippen LogP contribution in [-0.2, 0) is 34.2 Å². The maximum atomic E-state index is 13.0. The molecule has 368 valence electrons. The van der Waals surface area contributed by atoms with Crippen LogP contribution in [0.5, 0.6) is 0 Å². The maximum absolute atomic E-state index is 13.0. The molecule has 0 atom stereocenters. The van der Waals surface area contributed by atoms with E-state index in [4.69, 9.17) is 14.2 Å². The molecule has 0 spiro atoms. The largest absolute Gasteiger partial charge is 0.458 e. The summed E-state index contributed by atoms with van der Waals surface area (Å²) < 4.78 is 19.2. The number of hydrogen-bond donors (Lipinski definition) is 0. The number of benzene rings is 1. The molecule has 6 heteroatoms. The zero-order valence-electron chi connectivity index (χ0n) is 43.8. The summed E-state index contributed by atoms with van der Waals surface area (Å²) in [6.45, 7) is 29.2. The van der Waals surface area contributed by atoms with E-state index in [1.165, 1.54) is 102 Å². The number of esters is 3. The topological polar surface area (TPSA) is 78.9 Å². The van der Waals surface area contributed by atoms with Gasteiger partial charge < -0.3 is 14.2 Å². The van der Waals surface area contributed by atoms with E-state index in [0.717, 1.165) is 54.8 Å². The summed E-state index contributed by atoms with van der Waals surface area (Å²) in [4.78, 5) is 38.5. The molecular weight excluding hydrogens is 817 g/mol. The van der Waals surface area contributed by atoms with Crippen molar-refractivity contribution in [1.29, 1.82) is 0 Å². The SMILES string of the molecule is C=CC1(OC(=O)C(C)(C)CC)C2CC3CC(C2)CC1C3.CCC(C)(C)C(=O)OC1(C(C)(C)C)C2CC3CC(C2)CC1C3.CCC(C)(C)C(=O)OC1(c2ccccc2)C2CC3CC(C2)CC1C3. The summed E-state index contributed by atoms with van der Waals surface area (Å²) in [5.41, 5.74) is -0.874. The van der Waals surface area contributed by atoms with Crippen LogP contribution in [-0.4, -0.2) is 29.1 Å². The van der Waals surface area contributed by atoms with Gasteiger partial charge in [0.1, 0.15) is 16.8 Å². The Labute approximate surface area is 401 Å². The van der Waals surface area contributed by atoms with E-state index >= 15 is 0 Å². The van der Waals surface area contributed by atoms with Crippen LogP contribution in [0.25, 0.3) is 0 Å². The lowest BCUT2D eigenvalue weighted by molar-refractivity contribution is -0.250. The molecule has 1 aromatic carbocycles. The van der Waals surface area contributed by atoms with Crippen LogP contribution in [0.2, 0.25) is 0 Å². The summed E-state index contributed by atoms with van der Waals surface area (Å²) in [5.74, 6) is 8.48. The van der Waals surface area contributed by atoms with Gasteiger partial charge in [0.2, 0.25) is 0 Å². The van der Waals surface area contributed by atoms with Gasteiger partial charge in [0.15, 0.2) is 0 Å². The molecule has 0 heterocycles. The van der Waals surface area contributed by atoms with Gasteiger partial charge in [0.05, 0.1) is 16.2 Å². The first-order valence-electron chi connectivity index (χ1n) is 27.4. The quantitative estimate of drug-likeness (QED) is 0.125. The van der Waals surface area contributed by atoms with Crippen LogP contribution in [0.15, 0.2) is 43.0 Å². The number of rotatable bonds is 11. The summed E-state index contributed by atoms with van der Waals surface area (Å²) in [5, 5.41) is 0. The maximum Gasteiger partial charge on any atom is 0.312 e. The van der Waals surface area contributed by atoms with Crippen molar-refractivity contribution in [2.24, 2.45) is 92.7 Å². The van der Waals surface area contributed by atoms with Gasteiger partial charge >= 0.3 is 17.9 Å². The zero-order chi connectivity index (χ0) is 47.8. The van der Waals surface area contributed by atoms with E-state index < -0.39 is 5.41 Å². The molecular formula is C60H92O6. The van der Waals surface area contributed by atoms with E-state index in [-0.39, 0.29) is 51.0 Å². The third-order valence-electron chi connectivity index (χ3n) is 20.9. The minimum Gasteiger partial charge on any atom is -0.458 e. The first-order valence-corrected chi connectivity index (χ1v) is 27.4. The molecule has 12 bridgehead atoms. The molecule has 0 unspecified atom stereocenters. The molecule has 6 nitrogen and oxygen atoms in total. The van der Waals surface area contributed by atoms with Gasteiger partial charge in [-0.1, -0.05) is 78.5 Å². The molecule has 0 saturated heterocycles. The Bertz CT molecular complexity index is 1840. The predicted octanol–water partition coefficient (Wildman–Crippen LogP) is 14.9. The van der Waals surface area contributed by atoms with E-state index in [1.54, 1.807) is 0 Å². The average molecular weight is 909 g/mol. The van der Waals surface area contributed by atoms with Crippen molar-refractivity contribution in [2.75, 3.05) is 0 Å². The monoisotopic (exact) mass is 909 g/mol. The molecule has 1 aromatic rings. The molecule has 12 aliphatic rings. The van der Waals surface area contributed by atoms with Gasteiger partial charge in [0, 0.05) is 40.9 Å². The standard InChI is InChI=1S/C22H30O2.C20H34O2.C18H28O2/c1-4-21(2,3)20(23)24-22(17-8-6-5-7-9-17)18-11-15-10-16(13-18)14-19(22)12-15;1-7-19(5,6)17(21)22-20(18(2,3)4)15-9-13-8-14(11-15)12-16(20)10-13;1-5-17(3,4)16(19)20-18(6-2)14-8-12-7-13(10-14)11-15(18)9-12/h5-9,15-16,18-19H,4,10-14H2,1-3H3;13-16H,7-12H2,1-6H3;6,12-15H,2,5,7-11H2,1,3-4H3. The highest BCUT2D eigenvalue weighted by Crippen LogP contribution is 2.66. The van der Waals surface area contributed by atoms with E-state index in [0.29, 0.717) is 35.5 Å². The van der Waals surface area contributed by atoms with Crippen molar-refractivity contribution in [2.45, 2.75) is 215 Å². The molecule has 0 radical (unpaired) electrons. The second-order valence-electron chi connectivity index (χ2n) is 27.1. The van der Waals surface area contributed by atoms with Crippen LogP contribution < -0.4 is 0 Å². The lowest BCUT2D eigenvalue weighted by Crippen LogP contribution is -2.66. The van der Waals surface area contributed by atoms with Gasteiger partial charge in [-0.05, 0) is 204 Å². The lowest BCUT2D eigenvalue weighted by Gasteiger charge is -2.64. The number of ether oxygens (including phenoxy) is 3. The highest BCUT2D eigenvalue weighted by Gasteiger charge is 2.65. The van der Waals surface area contributed by atoms with Crippen LogP contribution in [0.3, 0.4) is 0 Å². The predicted molar refractivity (Wildman–Crippen MR) is 265 cm³/mol. The molecule has 0 amide bonds. The lowest BCUT2D eigenvalue weighted by atomic mass is 9.45. The third kappa shape index (κ3) is 8.59. The Morgan fingerprint density at radius 3 is 1.14 bits per heavy atom. The second-order valence-corrected chi connectivity index (χ2v) is 27.1. The zero-order valence-corrected chi connectivity index (χ0v) is 43.8. The molecule has 12 aliphatic carbocycles. The molecule has 12 fully saturated rings. The molecule has 66 heavy (non-hydrogen) atoms. The van der Waals surface area contributed by atoms with Crippen LogP contribution >= 0.6 is 0 Å². The normalized spacial score (nSPS) is 40.1. The highest BCUT2D eigenvalue weighted by molar-refractivity contribution is 5.77. The molecule has 0 aliphatic heterocycles. The van der Waals surface area contributed by atoms with Gasteiger partial charge in [0.25, 0.3) is 0 Å². The number of carbonyl (C=O) groups is 3. The van der Waals surface area contributed by atoms with Gasteiger partial charge in [-0.3, -0.25) is 14.4 Å². The van der Waals surface area contributed by atoms with Gasteiger partial charge in [-0.15, -0.1) is 0 Å². The number of hydrogen-bond acceptors (Lipinski definition) is 6. The fraction of sp³-hybridized carbons (Fsp3) is 0.817. The minimum absolute atomic E-state index is 0.0127. The van der Waals surface area contributed by atoms with Gasteiger partial charge in [-0.2, -0.15) is 0 Å². The smallest absolute Gasteiger partial charge is 0.312 e. The van der Waals surface area contributed by atoms with Crippen LogP contribution in [0.1, 0.15) is 204 Å². The Kier molecular flexibility index (Phi) is 13.5. The molecule has 13 rings (SSSR count). The van der Waals surface area contributed by atoms with Crippen molar-refractivity contribution >= 4 is 17.9 Å². The molecule has 12 saturated carbocycles. The third-order valence-corrected chi connectivity index (χ3v) is 20.9. The Morgan fingerprint density at radius 2 is 0.803 bits per heavy atom. The highest BCUT2D eigenvalue weighted by atomic mass is 16.6. The fourth-order valence-electron chi connectivity index (χ4n) is 16.5. The van der Waals surface area contributed by atoms with E-state index in [2.05, 4.69) is 78.5 Å². The van der Waals surface area contributed by atoms with Crippen molar-refractivity contribution in [3.63, 3.8) is 0 Å². The average Bonchev–Trinajstić information content (AvgIpc) is 3.26. The second kappa shape index (κ2) is 18.0. The van der Waals surface area contributed by atoms with E-state index in [1.807, 2.05) is 47.6 Å². The van der Waals surface area contributed by atoms with Crippen molar-refractivity contribution < 1.29 is 28.6 Å². The molecule has 0 N–H and O–H groups in total. The first kappa shape index (κ1) is 49.8. The number of carbonyl (C=O) groups excluding carboxylic acids is 3. The van der Waals surface area contributed by atoms with Crippen molar-refractivity contribution in [3.05, 3.63) is 48.6 Å². The summed E-state index contributed by atoms with van der Waals surface area (Å²) >= 11 is 0. The van der Waals surface area contributed by atoms with E-state index in [9.17, 15) is 14.4 Å². The minimum atomic E-state index is -0.406. The van der Waals surface area contributed by atoms with Crippen LogP contribution in [0.4, 0.5) is 0 Å². The fourth-order valence-corrected chi connectivity index (χ4v) is 16.5. The Hall–Kier alpha value is -2.63. The summed E-state index contributed by atoms with van der Waals surface area (Å²) in [7, 11) is 0. The molecule has 0 aromatic heterocycles. The van der Waals surface area contributed by atoms with Crippen LogP contribution in [0, 0.1) is 92.7 Å². The Morgan fingerprint density at radius 1 is 0.485 bits per heavy atom.